The first-order valence-corrected chi connectivity index (χ1v) is 7.79. The fraction of sp³-hybridized carbons (Fsp3) is 0.588. The van der Waals surface area contributed by atoms with Crippen molar-refractivity contribution in [3.05, 3.63) is 22.3 Å². The molecule has 0 spiro atoms. The Labute approximate surface area is 131 Å². The molecule has 2 rings (SSSR count). The van der Waals surface area contributed by atoms with E-state index in [0.29, 0.717) is 12.2 Å². The average molecular weight is 306 g/mol. The molecular weight excluding hydrogens is 280 g/mol. The van der Waals surface area contributed by atoms with Gasteiger partial charge in [-0.15, -0.1) is 0 Å². The van der Waals surface area contributed by atoms with Gasteiger partial charge in [0.2, 0.25) is 5.91 Å². The molecule has 1 unspecified atom stereocenters. The van der Waals surface area contributed by atoms with E-state index in [1.165, 1.54) is 0 Å². The molecule has 4 N–H and O–H groups in total. The quantitative estimate of drug-likeness (QED) is 0.453. The van der Waals surface area contributed by atoms with E-state index in [4.69, 9.17) is 10.6 Å². The lowest BCUT2D eigenvalue weighted by Gasteiger charge is -2.38. The number of rotatable bonds is 4. The fourth-order valence-corrected chi connectivity index (χ4v) is 3.17. The largest absolute Gasteiger partial charge is 0.507 e. The second-order valence-electron chi connectivity index (χ2n) is 6.50. The zero-order valence-corrected chi connectivity index (χ0v) is 13.9. The average Bonchev–Trinajstić information content (AvgIpc) is 2.50. The molecule has 0 radical (unpaired) electrons. The van der Waals surface area contributed by atoms with E-state index in [2.05, 4.69) is 12.3 Å². The van der Waals surface area contributed by atoms with Crippen molar-refractivity contribution in [2.45, 2.75) is 65.4 Å². The lowest BCUT2D eigenvalue weighted by Crippen LogP contribution is -2.37. The summed E-state index contributed by atoms with van der Waals surface area (Å²) >= 11 is 0. The lowest BCUT2D eigenvalue weighted by molar-refractivity contribution is -0.121. The molecule has 22 heavy (non-hydrogen) atoms. The molecule has 5 nitrogen and oxygen atoms in total. The molecule has 0 aliphatic carbocycles. The molecule has 1 amide bonds. The summed E-state index contributed by atoms with van der Waals surface area (Å²) in [6.45, 7) is 7.94. The van der Waals surface area contributed by atoms with E-state index in [1.807, 2.05) is 20.8 Å². The van der Waals surface area contributed by atoms with E-state index in [1.54, 1.807) is 0 Å². The molecule has 1 aliphatic rings. The van der Waals surface area contributed by atoms with Crippen LogP contribution in [0.5, 0.6) is 11.5 Å². The molecule has 1 atom stereocenters. The Morgan fingerprint density at radius 1 is 1.32 bits per heavy atom. The van der Waals surface area contributed by atoms with E-state index < -0.39 is 0 Å². The third kappa shape index (κ3) is 3.04. The first-order valence-electron chi connectivity index (χ1n) is 7.79. The zero-order chi connectivity index (χ0) is 16.5. The van der Waals surface area contributed by atoms with Crippen molar-refractivity contribution in [2.24, 2.45) is 5.84 Å². The number of hydrogen-bond donors (Lipinski definition) is 3. The Balaban J connectivity index is 2.18. The second kappa shape index (κ2) is 6.16. The van der Waals surface area contributed by atoms with Gasteiger partial charge < -0.3 is 9.84 Å². The summed E-state index contributed by atoms with van der Waals surface area (Å²) in [5.41, 5.74) is 5.79. The smallest absolute Gasteiger partial charge is 0.233 e. The van der Waals surface area contributed by atoms with Gasteiger partial charge in [-0.1, -0.05) is 0 Å². The summed E-state index contributed by atoms with van der Waals surface area (Å²) in [5.74, 6) is 6.24. The number of ether oxygens (including phenoxy) is 1. The molecule has 1 heterocycles. The Hall–Kier alpha value is -1.75. The van der Waals surface area contributed by atoms with Crippen molar-refractivity contribution in [1.29, 1.82) is 0 Å². The number of hydrazine groups is 1. The zero-order valence-electron chi connectivity index (χ0n) is 13.9. The highest BCUT2D eigenvalue weighted by atomic mass is 16.5. The highest BCUT2D eigenvalue weighted by Gasteiger charge is 2.34. The summed E-state index contributed by atoms with van der Waals surface area (Å²) in [7, 11) is 0. The number of hydrogen-bond acceptors (Lipinski definition) is 4. The van der Waals surface area contributed by atoms with Gasteiger partial charge in [0.15, 0.2) is 0 Å². The molecule has 0 bridgehead atoms. The molecule has 1 aromatic rings. The van der Waals surface area contributed by atoms with Gasteiger partial charge in [0, 0.05) is 12.0 Å². The minimum atomic E-state index is -0.275. The highest BCUT2D eigenvalue weighted by molar-refractivity contribution is 5.75. The Morgan fingerprint density at radius 3 is 2.64 bits per heavy atom. The third-order valence-electron chi connectivity index (χ3n) is 4.86. The number of fused-ring (bicyclic) bond motifs is 1. The molecule has 0 saturated heterocycles. The van der Waals surface area contributed by atoms with Crippen LogP contribution in [0.15, 0.2) is 0 Å². The van der Waals surface area contributed by atoms with Crippen molar-refractivity contribution in [1.82, 2.24) is 5.43 Å². The van der Waals surface area contributed by atoms with Gasteiger partial charge in [-0.25, -0.2) is 5.84 Å². The van der Waals surface area contributed by atoms with Crippen LogP contribution < -0.4 is 16.0 Å². The predicted molar refractivity (Wildman–Crippen MR) is 85.9 cm³/mol. The third-order valence-corrected chi connectivity index (χ3v) is 4.86. The van der Waals surface area contributed by atoms with Gasteiger partial charge in [0.05, 0.1) is 0 Å². The van der Waals surface area contributed by atoms with E-state index in [-0.39, 0.29) is 11.5 Å². The number of amides is 1. The van der Waals surface area contributed by atoms with E-state index >= 15 is 0 Å². The van der Waals surface area contributed by atoms with Crippen molar-refractivity contribution in [3.63, 3.8) is 0 Å². The standard InChI is InChI=1S/C17H26N2O3/c1-10-11(2)16-13(12(3)15(10)21)7-9-17(4,22-16)8-5-6-14(20)19-18/h21H,5-9,18H2,1-4H3,(H,19,20). The lowest BCUT2D eigenvalue weighted by atomic mass is 9.84. The Kier molecular flexibility index (Phi) is 4.66. The number of phenolic OH excluding ortho intramolecular Hbond substituents is 1. The highest BCUT2D eigenvalue weighted by Crippen LogP contribution is 2.44. The topological polar surface area (TPSA) is 84.6 Å². The predicted octanol–water partition coefficient (Wildman–Crippen LogP) is 2.56. The number of nitrogens with one attached hydrogen (secondary N) is 1. The number of carbonyl (C=O) groups excluding carboxylic acids is 1. The number of nitrogens with two attached hydrogens (primary N) is 1. The van der Waals surface area contributed by atoms with Crippen LogP contribution in [0, 0.1) is 20.8 Å². The van der Waals surface area contributed by atoms with E-state index in [9.17, 15) is 9.90 Å². The molecule has 0 saturated carbocycles. The normalized spacial score (nSPS) is 20.2. The van der Waals surface area contributed by atoms with Crippen LogP contribution in [-0.2, 0) is 11.2 Å². The van der Waals surface area contributed by atoms with Gasteiger partial charge in [0.1, 0.15) is 17.1 Å². The summed E-state index contributed by atoms with van der Waals surface area (Å²) in [5, 5.41) is 10.2. The summed E-state index contributed by atoms with van der Waals surface area (Å²) in [6, 6.07) is 0. The van der Waals surface area contributed by atoms with Gasteiger partial charge in [-0.2, -0.15) is 0 Å². The van der Waals surface area contributed by atoms with Crippen LogP contribution in [0.25, 0.3) is 0 Å². The van der Waals surface area contributed by atoms with Crippen LogP contribution in [0.1, 0.15) is 54.9 Å². The SMILES string of the molecule is Cc1c(C)c2c(c(C)c1O)CCC(C)(CCCC(=O)NN)O2. The Morgan fingerprint density at radius 2 is 2.00 bits per heavy atom. The molecule has 0 aromatic heterocycles. The van der Waals surface area contributed by atoms with Gasteiger partial charge >= 0.3 is 0 Å². The first-order chi connectivity index (χ1) is 10.3. The van der Waals surface area contributed by atoms with Crippen LogP contribution in [0.3, 0.4) is 0 Å². The summed E-state index contributed by atoms with van der Waals surface area (Å²) in [4.78, 5) is 11.2. The van der Waals surface area contributed by atoms with Crippen molar-refractivity contribution < 1.29 is 14.6 Å². The second-order valence-corrected chi connectivity index (χ2v) is 6.50. The van der Waals surface area contributed by atoms with Gasteiger partial charge in [-0.05, 0) is 70.1 Å². The minimum absolute atomic E-state index is 0.146. The van der Waals surface area contributed by atoms with Crippen molar-refractivity contribution in [2.75, 3.05) is 0 Å². The van der Waals surface area contributed by atoms with Crippen LogP contribution in [0.4, 0.5) is 0 Å². The number of phenols is 1. The maximum Gasteiger partial charge on any atom is 0.233 e. The fourth-order valence-electron chi connectivity index (χ4n) is 3.17. The maximum absolute atomic E-state index is 11.2. The summed E-state index contributed by atoms with van der Waals surface area (Å²) in [6.07, 6.45) is 3.72. The van der Waals surface area contributed by atoms with Crippen molar-refractivity contribution in [3.8, 4) is 11.5 Å². The number of aromatic hydroxyl groups is 1. The molecule has 122 valence electrons. The molecule has 1 aromatic carbocycles. The molecule has 0 fully saturated rings. The molecule has 1 aliphatic heterocycles. The van der Waals surface area contributed by atoms with E-state index in [0.717, 1.165) is 53.7 Å². The van der Waals surface area contributed by atoms with Crippen LogP contribution >= 0.6 is 0 Å². The molecular formula is C17H26N2O3. The minimum Gasteiger partial charge on any atom is -0.507 e. The maximum atomic E-state index is 11.2. The Bertz CT molecular complexity index is 598. The van der Waals surface area contributed by atoms with Gasteiger partial charge in [-0.3, -0.25) is 10.2 Å². The van der Waals surface area contributed by atoms with Gasteiger partial charge in [0.25, 0.3) is 0 Å². The van der Waals surface area contributed by atoms with Crippen molar-refractivity contribution >= 4 is 5.91 Å². The molecule has 5 heteroatoms. The number of carbonyl (C=O) groups is 1. The van der Waals surface area contributed by atoms with Crippen LogP contribution in [-0.4, -0.2) is 16.6 Å². The monoisotopic (exact) mass is 306 g/mol. The first kappa shape index (κ1) is 16.6. The number of benzene rings is 1. The summed E-state index contributed by atoms with van der Waals surface area (Å²) < 4.78 is 6.31. The van der Waals surface area contributed by atoms with Crippen LogP contribution in [0.2, 0.25) is 0 Å².